The van der Waals surface area contributed by atoms with Gasteiger partial charge in [-0.15, -0.1) is 0 Å². The van der Waals surface area contributed by atoms with Crippen molar-refractivity contribution in [3.05, 3.63) is 75.9 Å². The molecule has 3 aromatic rings. The van der Waals surface area contributed by atoms with E-state index < -0.39 is 36.2 Å². The molecule has 2 aliphatic heterocycles. The maximum absolute atomic E-state index is 13.7. The first kappa shape index (κ1) is 27.9. The summed E-state index contributed by atoms with van der Waals surface area (Å²) in [6.07, 6.45) is 3.20. The Morgan fingerprint density at radius 3 is 2.62 bits per heavy atom. The van der Waals surface area contributed by atoms with Crippen molar-refractivity contribution in [2.45, 2.75) is 44.4 Å². The zero-order chi connectivity index (χ0) is 28.4. The molecule has 0 saturated carbocycles. The zero-order valence-corrected chi connectivity index (χ0v) is 22.4. The Kier molecular flexibility index (Phi) is 8.24. The summed E-state index contributed by atoms with van der Waals surface area (Å²) in [4.78, 5) is 36.7. The molecule has 2 aromatic carbocycles. The van der Waals surface area contributed by atoms with Crippen LogP contribution in [0.25, 0.3) is 11.3 Å². The number of hydrogen-bond donors (Lipinski definition) is 3. The van der Waals surface area contributed by atoms with Gasteiger partial charge in [0.15, 0.2) is 0 Å². The standard InChI is InChI=1S/C28H28ClF2N5O4/c1-15(26(38)34-24(14-37)18-8-19(30)11-20(31)9-18)36-13-17-3-2-16(10-22(17)27(36)39)25-23(29)12-32-28(35-25)33-21-4-6-40-7-5-21/h2-3,8-12,15,21,24,37H,4-7,13-14H2,1H3,(H,34,38)(H,32,33,35)/t15-,24-/m1/s1. The summed E-state index contributed by atoms with van der Waals surface area (Å²) in [5.41, 5.74) is 2.32. The Labute approximate surface area is 234 Å². The second-order valence-electron chi connectivity index (χ2n) is 9.85. The van der Waals surface area contributed by atoms with Gasteiger partial charge in [0.05, 0.1) is 29.6 Å². The number of carbonyl (C=O) groups is 2. The quantitative estimate of drug-likeness (QED) is 0.376. The minimum absolute atomic E-state index is 0.0774. The van der Waals surface area contributed by atoms with Gasteiger partial charge >= 0.3 is 0 Å². The van der Waals surface area contributed by atoms with E-state index in [4.69, 9.17) is 16.3 Å². The first-order valence-electron chi connectivity index (χ1n) is 12.9. The van der Waals surface area contributed by atoms with E-state index in [-0.39, 0.29) is 24.1 Å². The summed E-state index contributed by atoms with van der Waals surface area (Å²) < 4.78 is 32.7. The third kappa shape index (κ3) is 5.91. The molecule has 1 saturated heterocycles. The van der Waals surface area contributed by atoms with Crippen molar-refractivity contribution in [3.63, 3.8) is 0 Å². The molecule has 1 fully saturated rings. The van der Waals surface area contributed by atoms with Crippen molar-refractivity contribution < 1.29 is 28.2 Å². The van der Waals surface area contributed by atoms with Crippen LogP contribution in [0.15, 0.2) is 42.6 Å². The molecule has 0 aliphatic carbocycles. The molecule has 2 amide bonds. The first-order valence-corrected chi connectivity index (χ1v) is 13.3. The third-order valence-corrected chi connectivity index (χ3v) is 7.42. The fourth-order valence-corrected chi connectivity index (χ4v) is 5.09. The van der Waals surface area contributed by atoms with Crippen LogP contribution >= 0.6 is 11.6 Å². The van der Waals surface area contributed by atoms with Crippen LogP contribution < -0.4 is 10.6 Å². The van der Waals surface area contributed by atoms with Crippen molar-refractivity contribution in [2.24, 2.45) is 0 Å². The molecular formula is C28H28ClF2N5O4. The van der Waals surface area contributed by atoms with E-state index >= 15 is 0 Å². The molecule has 0 spiro atoms. The molecule has 0 bridgehead atoms. The molecule has 2 atom stereocenters. The number of rotatable bonds is 8. The normalized spacial score (nSPS) is 16.9. The lowest BCUT2D eigenvalue weighted by atomic mass is 10.0. The van der Waals surface area contributed by atoms with Crippen molar-refractivity contribution in [3.8, 4) is 11.3 Å². The number of aliphatic hydroxyl groups excluding tert-OH is 1. The van der Waals surface area contributed by atoms with Gasteiger partial charge in [-0.05, 0) is 49.1 Å². The molecule has 12 heteroatoms. The van der Waals surface area contributed by atoms with E-state index in [0.717, 1.165) is 30.5 Å². The number of nitrogens with zero attached hydrogens (tertiary/aromatic N) is 3. The van der Waals surface area contributed by atoms with E-state index in [1.54, 1.807) is 19.1 Å². The van der Waals surface area contributed by atoms with Gasteiger partial charge in [-0.3, -0.25) is 9.59 Å². The summed E-state index contributed by atoms with van der Waals surface area (Å²) in [5.74, 6) is -2.16. The van der Waals surface area contributed by atoms with Gasteiger partial charge in [0, 0.05) is 43.0 Å². The second-order valence-corrected chi connectivity index (χ2v) is 10.3. The molecule has 2 aliphatic rings. The maximum atomic E-state index is 13.7. The molecular weight excluding hydrogens is 544 g/mol. The Hall–Kier alpha value is -3.67. The maximum Gasteiger partial charge on any atom is 0.255 e. The average molecular weight is 572 g/mol. The average Bonchev–Trinajstić information content (AvgIpc) is 3.27. The lowest BCUT2D eigenvalue weighted by molar-refractivity contribution is -0.126. The van der Waals surface area contributed by atoms with Gasteiger partial charge in [0.2, 0.25) is 11.9 Å². The number of halogens is 3. The van der Waals surface area contributed by atoms with E-state index in [1.807, 2.05) is 6.07 Å². The third-order valence-electron chi connectivity index (χ3n) is 7.15. The number of hydrogen-bond acceptors (Lipinski definition) is 7. The lowest BCUT2D eigenvalue weighted by Crippen LogP contribution is -2.46. The van der Waals surface area contributed by atoms with Gasteiger partial charge in [-0.1, -0.05) is 23.7 Å². The van der Waals surface area contributed by atoms with Crippen molar-refractivity contribution in [1.82, 2.24) is 20.2 Å². The number of amides is 2. The largest absolute Gasteiger partial charge is 0.394 e. The van der Waals surface area contributed by atoms with Gasteiger partial charge in [-0.25, -0.2) is 18.7 Å². The van der Waals surface area contributed by atoms with Gasteiger partial charge < -0.3 is 25.4 Å². The SMILES string of the molecule is C[C@H](C(=O)N[C@H](CO)c1cc(F)cc(F)c1)N1Cc2ccc(-c3nc(NC4CCOCC4)ncc3Cl)cc2C1=O. The van der Waals surface area contributed by atoms with Crippen LogP contribution in [-0.2, 0) is 16.1 Å². The van der Waals surface area contributed by atoms with Crippen LogP contribution in [0.3, 0.4) is 0 Å². The highest BCUT2D eigenvalue weighted by Crippen LogP contribution is 2.32. The van der Waals surface area contributed by atoms with E-state index in [1.165, 1.54) is 11.1 Å². The summed E-state index contributed by atoms with van der Waals surface area (Å²) >= 11 is 6.43. The Morgan fingerprint density at radius 1 is 1.20 bits per heavy atom. The molecule has 0 radical (unpaired) electrons. The smallest absolute Gasteiger partial charge is 0.255 e. The van der Waals surface area contributed by atoms with Gasteiger partial charge in [0.25, 0.3) is 5.91 Å². The van der Waals surface area contributed by atoms with Crippen LogP contribution in [0.2, 0.25) is 5.02 Å². The van der Waals surface area contributed by atoms with Crippen LogP contribution in [-0.4, -0.2) is 63.7 Å². The molecule has 5 rings (SSSR count). The molecule has 210 valence electrons. The Balaban J connectivity index is 1.31. The van der Waals surface area contributed by atoms with Crippen molar-refractivity contribution in [1.29, 1.82) is 0 Å². The van der Waals surface area contributed by atoms with Gasteiger partial charge in [-0.2, -0.15) is 0 Å². The van der Waals surface area contributed by atoms with Crippen molar-refractivity contribution in [2.75, 3.05) is 25.1 Å². The number of nitrogens with one attached hydrogen (secondary N) is 2. The van der Waals surface area contributed by atoms with Crippen LogP contribution in [0.5, 0.6) is 0 Å². The highest BCUT2D eigenvalue weighted by molar-refractivity contribution is 6.33. The molecule has 3 N–H and O–H groups in total. The van der Waals surface area contributed by atoms with E-state index in [2.05, 4.69) is 20.6 Å². The zero-order valence-electron chi connectivity index (χ0n) is 21.7. The summed E-state index contributed by atoms with van der Waals surface area (Å²) in [5, 5.41) is 16.0. The lowest BCUT2D eigenvalue weighted by Gasteiger charge is -2.26. The van der Waals surface area contributed by atoms with Crippen LogP contribution in [0, 0.1) is 11.6 Å². The van der Waals surface area contributed by atoms with Crippen LogP contribution in [0.1, 0.15) is 47.3 Å². The highest BCUT2D eigenvalue weighted by atomic mass is 35.5. The minimum atomic E-state index is -1.05. The monoisotopic (exact) mass is 571 g/mol. The topological polar surface area (TPSA) is 117 Å². The number of carbonyl (C=O) groups excluding carboxylic acids is 2. The highest BCUT2D eigenvalue weighted by Gasteiger charge is 2.35. The summed E-state index contributed by atoms with van der Waals surface area (Å²) in [6, 6.07) is 6.30. The fraction of sp³-hybridized carbons (Fsp3) is 0.357. The van der Waals surface area contributed by atoms with E-state index in [9.17, 15) is 23.5 Å². The van der Waals surface area contributed by atoms with Gasteiger partial charge in [0.1, 0.15) is 17.7 Å². The molecule has 0 unspecified atom stereocenters. The number of fused-ring (bicyclic) bond motifs is 1. The number of aliphatic hydroxyl groups is 1. The molecule has 9 nitrogen and oxygen atoms in total. The molecule has 3 heterocycles. The number of anilines is 1. The number of ether oxygens (including phenoxy) is 1. The first-order chi connectivity index (χ1) is 19.2. The summed E-state index contributed by atoms with van der Waals surface area (Å²) in [7, 11) is 0. The fourth-order valence-electron chi connectivity index (χ4n) is 4.89. The number of benzene rings is 2. The Bertz CT molecular complexity index is 1420. The summed E-state index contributed by atoms with van der Waals surface area (Å²) in [6.45, 7) is 2.50. The number of aromatic nitrogens is 2. The molecule has 40 heavy (non-hydrogen) atoms. The minimum Gasteiger partial charge on any atom is -0.394 e. The second kappa shape index (κ2) is 11.8. The Morgan fingerprint density at radius 2 is 1.93 bits per heavy atom. The van der Waals surface area contributed by atoms with Crippen molar-refractivity contribution >= 4 is 29.4 Å². The predicted octanol–water partition coefficient (Wildman–Crippen LogP) is 3.86. The molecule has 1 aromatic heterocycles. The van der Waals surface area contributed by atoms with E-state index in [0.29, 0.717) is 47.1 Å². The van der Waals surface area contributed by atoms with Crippen LogP contribution in [0.4, 0.5) is 14.7 Å². The predicted molar refractivity (Wildman–Crippen MR) is 144 cm³/mol.